The van der Waals surface area contributed by atoms with Gasteiger partial charge in [-0.15, -0.1) is 0 Å². The first-order valence-corrected chi connectivity index (χ1v) is 5.62. The van der Waals surface area contributed by atoms with Gasteiger partial charge in [0.05, 0.1) is 11.8 Å². The quantitative estimate of drug-likeness (QED) is 0.790. The van der Waals surface area contributed by atoms with Gasteiger partial charge in [0, 0.05) is 18.3 Å². The second-order valence-electron chi connectivity index (χ2n) is 4.25. The molecule has 15 heavy (non-hydrogen) atoms. The van der Waals surface area contributed by atoms with E-state index in [-0.39, 0.29) is 18.2 Å². The van der Waals surface area contributed by atoms with E-state index in [0.29, 0.717) is 0 Å². The molecule has 1 fully saturated rings. The second kappa shape index (κ2) is 4.73. The van der Waals surface area contributed by atoms with Crippen LogP contribution < -0.4 is 5.32 Å². The highest BCUT2D eigenvalue weighted by atomic mass is 16.3. The molecular formula is C12H18N2O. The topological polar surface area (TPSA) is 45.1 Å². The SMILES string of the molecule is CC(N[C@H]1CCC[C@@H]1O)c1ccccn1. The Labute approximate surface area is 90.5 Å². The Kier molecular flexibility index (Phi) is 3.34. The summed E-state index contributed by atoms with van der Waals surface area (Å²) in [6.45, 7) is 2.09. The van der Waals surface area contributed by atoms with Crippen LogP contribution in [0.25, 0.3) is 0 Å². The number of aliphatic hydroxyl groups excluding tert-OH is 1. The van der Waals surface area contributed by atoms with Gasteiger partial charge in [-0.2, -0.15) is 0 Å². The lowest BCUT2D eigenvalue weighted by Gasteiger charge is -2.21. The first-order valence-electron chi connectivity index (χ1n) is 5.62. The molecule has 1 aliphatic rings. The Morgan fingerprint density at radius 2 is 2.33 bits per heavy atom. The van der Waals surface area contributed by atoms with E-state index >= 15 is 0 Å². The van der Waals surface area contributed by atoms with Crippen LogP contribution in [0, 0.1) is 0 Å². The van der Waals surface area contributed by atoms with Crippen LogP contribution in [0.3, 0.4) is 0 Å². The van der Waals surface area contributed by atoms with Gasteiger partial charge in [0.1, 0.15) is 0 Å². The molecule has 1 aromatic heterocycles. The molecule has 2 rings (SSSR count). The van der Waals surface area contributed by atoms with Crippen LogP contribution in [-0.4, -0.2) is 22.2 Å². The van der Waals surface area contributed by atoms with Crippen LogP contribution in [0.5, 0.6) is 0 Å². The van der Waals surface area contributed by atoms with E-state index in [1.54, 1.807) is 6.20 Å². The lowest BCUT2D eigenvalue weighted by atomic mass is 10.1. The summed E-state index contributed by atoms with van der Waals surface area (Å²) in [5.41, 5.74) is 1.04. The average Bonchev–Trinajstić information content (AvgIpc) is 2.66. The third kappa shape index (κ3) is 2.55. The van der Waals surface area contributed by atoms with Crippen molar-refractivity contribution >= 4 is 0 Å². The first-order chi connectivity index (χ1) is 7.27. The van der Waals surface area contributed by atoms with Gasteiger partial charge in [0.25, 0.3) is 0 Å². The molecule has 0 radical (unpaired) electrons. The van der Waals surface area contributed by atoms with Crippen LogP contribution in [0.1, 0.15) is 37.9 Å². The highest BCUT2D eigenvalue weighted by molar-refractivity contribution is 5.08. The monoisotopic (exact) mass is 206 g/mol. The molecular weight excluding hydrogens is 188 g/mol. The van der Waals surface area contributed by atoms with E-state index in [2.05, 4.69) is 17.2 Å². The van der Waals surface area contributed by atoms with Crippen molar-refractivity contribution in [1.82, 2.24) is 10.3 Å². The predicted octanol–water partition coefficient (Wildman–Crippen LogP) is 1.65. The van der Waals surface area contributed by atoms with Crippen LogP contribution in [0.4, 0.5) is 0 Å². The van der Waals surface area contributed by atoms with Crippen molar-refractivity contribution in [3.8, 4) is 0 Å². The van der Waals surface area contributed by atoms with Crippen LogP contribution in [0.2, 0.25) is 0 Å². The van der Waals surface area contributed by atoms with E-state index in [0.717, 1.165) is 25.0 Å². The van der Waals surface area contributed by atoms with Crippen molar-refractivity contribution in [2.75, 3.05) is 0 Å². The molecule has 3 nitrogen and oxygen atoms in total. The molecule has 1 aliphatic carbocycles. The van der Waals surface area contributed by atoms with Gasteiger partial charge >= 0.3 is 0 Å². The van der Waals surface area contributed by atoms with Crippen molar-refractivity contribution < 1.29 is 5.11 Å². The minimum absolute atomic E-state index is 0.184. The van der Waals surface area contributed by atoms with E-state index in [1.165, 1.54) is 0 Å². The number of hydrogen-bond donors (Lipinski definition) is 2. The number of hydrogen-bond acceptors (Lipinski definition) is 3. The molecule has 0 aromatic carbocycles. The fourth-order valence-corrected chi connectivity index (χ4v) is 2.17. The second-order valence-corrected chi connectivity index (χ2v) is 4.25. The molecule has 0 saturated heterocycles. The maximum absolute atomic E-state index is 9.70. The lowest BCUT2D eigenvalue weighted by molar-refractivity contribution is 0.143. The Morgan fingerprint density at radius 3 is 2.93 bits per heavy atom. The summed E-state index contributed by atoms with van der Waals surface area (Å²) >= 11 is 0. The molecule has 1 saturated carbocycles. The first kappa shape index (κ1) is 10.6. The smallest absolute Gasteiger partial charge is 0.0693 e. The zero-order chi connectivity index (χ0) is 10.7. The van der Waals surface area contributed by atoms with Crippen LogP contribution >= 0.6 is 0 Å². The fourth-order valence-electron chi connectivity index (χ4n) is 2.17. The number of rotatable bonds is 3. The number of aliphatic hydroxyl groups is 1. The van der Waals surface area contributed by atoms with Gasteiger partial charge in [-0.25, -0.2) is 0 Å². The third-order valence-corrected chi connectivity index (χ3v) is 3.07. The van der Waals surface area contributed by atoms with E-state index in [4.69, 9.17) is 0 Å². The minimum atomic E-state index is -0.184. The Morgan fingerprint density at radius 1 is 1.47 bits per heavy atom. The molecule has 3 heteroatoms. The molecule has 0 bridgehead atoms. The highest BCUT2D eigenvalue weighted by Crippen LogP contribution is 2.21. The van der Waals surface area contributed by atoms with Gasteiger partial charge in [-0.1, -0.05) is 6.07 Å². The molecule has 1 unspecified atom stereocenters. The van der Waals surface area contributed by atoms with Gasteiger partial charge in [-0.3, -0.25) is 4.98 Å². The van der Waals surface area contributed by atoms with Crippen LogP contribution in [0.15, 0.2) is 24.4 Å². The molecule has 82 valence electrons. The predicted molar refractivity (Wildman–Crippen MR) is 59.4 cm³/mol. The molecule has 2 N–H and O–H groups in total. The zero-order valence-corrected chi connectivity index (χ0v) is 9.06. The van der Waals surface area contributed by atoms with Gasteiger partial charge in [-0.05, 0) is 38.3 Å². The summed E-state index contributed by atoms with van der Waals surface area (Å²) in [7, 11) is 0. The zero-order valence-electron chi connectivity index (χ0n) is 9.06. The summed E-state index contributed by atoms with van der Waals surface area (Å²) in [6, 6.07) is 6.37. The molecule has 0 spiro atoms. The Hall–Kier alpha value is -0.930. The fraction of sp³-hybridized carbons (Fsp3) is 0.583. The highest BCUT2D eigenvalue weighted by Gasteiger charge is 2.26. The summed E-state index contributed by atoms with van der Waals surface area (Å²) in [6.07, 6.45) is 4.73. The summed E-state index contributed by atoms with van der Waals surface area (Å²) in [4.78, 5) is 4.30. The van der Waals surface area contributed by atoms with Gasteiger partial charge < -0.3 is 10.4 Å². The summed E-state index contributed by atoms with van der Waals surface area (Å²) in [5, 5.41) is 13.1. The van der Waals surface area contributed by atoms with Crippen molar-refractivity contribution in [2.45, 2.75) is 44.4 Å². The summed E-state index contributed by atoms with van der Waals surface area (Å²) in [5.74, 6) is 0. The van der Waals surface area contributed by atoms with Crippen molar-refractivity contribution in [2.24, 2.45) is 0 Å². The molecule has 0 amide bonds. The maximum atomic E-state index is 9.70. The van der Waals surface area contributed by atoms with E-state index in [1.807, 2.05) is 18.2 Å². The van der Waals surface area contributed by atoms with Gasteiger partial charge in [0.2, 0.25) is 0 Å². The van der Waals surface area contributed by atoms with Crippen molar-refractivity contribution in [3.63, 3.8) is 0 Å². The molecule has 1 heterocycles. The van der Waals surface area contributed by atoms with Crippen LogP contribution in [-0.2, 0) is 0 Å². The Bertz CT molecular complexity index is 302. The number of pyridine rings is 1. The standard InChI is InChI=1S/C12H18N2O/c1-9(10-5-2-3-8-13-10)14-11-6-4-7-12(11)15/h2-3,5,8-9,11-12,14-15H,4,6-7H2,1H3/t9?,11-,12-/m0/s1. The normalized spacial score (nSPS) is 27.9. The number of aromatic nitrogens is 1. The van der Waals surface area contributed by atoms with Gasteiger partial charge in [0.15, 0.2) is 0 Å². The Balaban J connectivity index is 1.95. The minimum Gasteiger partial charge on any atom is -0.392 e. The maximum Gasteiger partial charge on any atom is 0.0693 e. The molecule has 3 atom stereocenters. The molecule has 0 aliphatic heterocycles. The third-order valence-electron chi connectivity index (χ3n) is 3.07. The number of nitrogens with one attached hydrogen (secondary N) is 1. The largest absolute Gasteiger partial charge is 0.392 e. The van der Waals surface area contributed by atoms with Crippen molar-refractivity contribution in [3.05, 3.63) is 30.1 Å². The van der Waals surface area contributed by atoms with Crippen molar-refractivity contribution in [1.29, 1.82) is 0 Å². The van der Waals surface area contributed by atoms with E-state index < -0.39 is 0 Å². The average molecular weight is 206 g/mol. The number of nitrogens with zero attached hydrogens (tertiary/aromatic N) is 1. The summed E-state index contributed by atoms with van der Waals surface area (Å²) < 4.78 is 0. The molecule has 1 aromatic rings. The van der Waals surface area contributed by atoms with E-state index in [9.17, 15) is 5.11 Å². The lowest BCUT2D eigenvalue weighted by Crippen LogP contribution is -2.37.